The van der Waals surface area contributed by atoms with E-state index in [1.54, 1.807) is 0 Å². The minimum atomic E-state index is -3.66. The highest BCUT2D eigenvalue weighted by Crippen LogP contribution is 2.23. The molecular weight excluding hydrogens is 262 g/mol. The predicted octanol–water partition coefficient (Wildman–Crippen LogP) is 1.82. The Labute approximate surface area is 105 Å². The number of nitrogens with one attached hydrogen (secondary N) is 1. The van der Waals surface area contributed by atoms with Crippen LogP contribution in [0, 0.1) is 5.92 Å². The Bertz CT molecular complexity index is 490. The van der Waals surface area contributed by atoms with Crippen molar-refractivity contribution in [2.75, 3.05) is 7.11 Å². The first kappa shape index (κ1) is 14.3. The molecule has 0 saturated carbocycles. The van der Waals surface area contributed by atoms with E-state index in [1.165, 1.54) is 19.2 Å². The van der Waals surface area contributed by atoms with Crippen molar-refractivity contribution in [1.29, 1.82) is 0 Å². The van der Waals surface area contributed by atoms with Crippen LogP contribution in [0.5, 0.6) is 0 Å². The van der Waals surface area contributed by atoms with Gasteiger partial charge in [0.15, 0.2) is 5.78 Å². The number of carbonyl (C=O) groups excluding carboxylic acids is 1. The van der Waals surface area contributed by atoms with E-state index in [9.17, 15) is 13.2 Å². The number of hydrogen-bond acceptors (Lipinski definition) is 5. The van der Waals surface area contributed by atoms with Crippen LogP contribution in [0.3, 0.4) is 0 Å². The maximum Gasteiger partial charge on any atom is 0.271 e. The molecule has 0 bridgehead atoms. The van der Waals surface area contributed by atoms with E-state index in [4.69, 9.17) is 0 Å². The van der Waals surface area contributed by atoms with E-state index in [1.807, 2.05) is 18.7 Å². The van der Waals surface area contributed by atoms with Crippen LogP contribution in [-0.4, -0.2) is 21.3 Å². The number of ketones is 1. The summed E-state index contributed by atoms with van der Waals surface area (Å²) >= 11 is 0.950. The van der Waals surface area contributed by atoms with Crippen LogP contribution in [-0.2, 0) is 14.9 Å². The first-order chi connectivity index (χ1) is 7.86. The van der Waals surface area contributed by atoms with E-state index < -0.39 is 10.0 Å². The molecule has 1 heterocycles. The Morgan fingerprint density at radius 2 is 2.12 bits per heavy atom. The van der Waals surface area contributed by atoms with Crippen LogP contribution in [0.1, 0.15) is 29.9 Å². The Hall–Kier alpha value is -0.760. The summed E-state index contributed by atoms with van der Waals surface area (Å²) in [7, 11) is -2.44. The molecule has 0 fully saturated rings. The first-order valence-corrected chi connectivity index (χ1v) is 7.34. The van der Waals surface area contributed by atoms with Gasteiger partial charge in [0.05, 0.1) is 12.0 Å². The molecule has 5 nitrogen and oxygen atoms in total. The number of rotatable bonds is 6. The second kappa shape index (κ2) is 5.72. The molecular formula is C10H15NO4S2. The lowest BCUT2D eigenvalue weighted by molar-refractivity contribution is 0.0972. The van der Waals surface area contributed by atoms with Crippen LogP contribution < -0.4 is 4.89 Å². The topological polar surface area (TPSA) is 72.5 Å². The summed E-state index contributed by atoms with van der Waals surface area (Å²) < 4.78 is 23.2. The Morgan fingerprint density at radius 1 is 1.47 bits per heavy atom. The first-order valence-electron chi connectivity index (χ1n) is 5.04. The van der Waals surface area contributed by atoms with Crippen molar-refractivity contribution < 1.29 is 18.0 Å². The van der Waals surface area contributed by atoms with Gasteiger partial charge in [-0.05, 0) is 18.1 Å². The number of thiophene rings is 1. The quantitative estimate of drug-likeness (QED) is 0.636. The van der Waals surface area contributed by atoms with Gasteiger partial charge in [0.1, 0.15) is 4.21 Å². The van der Waals surface area contributed by atoms with E-state index in [2.05, 4.69) is 4.84 Å². The van der Waals surface area contributed by atoms with Crippen molar-refractivity contribution in [3.63, 3.8) is 0 Å². The smallest absolute Gasteiger partial charge is 0.271 e. The van der Waals surface area contributed by atoms with Gasteiger partial charge < -0.3 is 0 Å². The zero-order chi connectivity index (χ0) is 13.1. The summed E-state index contributed by atoms with van der Waals surface area (Å²) in [5, 5.41) is 0. The lowest BCUT2D eigenvalue weighted by Crippen LogP contribution is -2.21. The summed E-state index contributed by atoms with van der Waals surface area (Å²) in [5.74, 6) is 0.214. The largest absolute Gasteiger partial charge is 0.293 e. The molecule has 0 aliphatic rings. The molecule has 0 aliphatic heterocycles. The minimum Gasteiger partial charge on any atom is -0.293 e. The third kappa shape index (κ3) is 3.88. The molecule has 0 saturated heterocycles. The van der Waals surface area contributed by atoms with Crippen molar-refractivity contribution in [2.24, 2.45) is 5.92 Å². The predicted molar refractivity (Wildman–Crippen MR) is 65.4 cm³/mol. The van der Waals surface area contributed by atoms with Gasteiger partial charge in [-0.1, -0.05) is 18.7 Å². The molecule has 0 spiro atoms. The second-order valence-corrected chi connectivity index (χ2v) is 6.89. The molecule has 0 radical (unpaired) electrons. The van der Waals surface area contributed by atoms with Gasteiger partial charge in [-0.3, -0.25) is 9.63 Å². The fraction of sp³-hybridized carbons (Fsp3) is 0.500. The van der Waals surface area contributed by atoms with E-state index in [0.717, 1.165) is 11.3 Å². The fourth-order valence-electron chi connectivity index (χ4n) is 1.24. The van der Waals surface area contributed by atoms with Crippen LogP contribution >= 0.6 is 11.3 Å². The van der Waals surface area contributed by atoms with Gasteiger partial charge in [0.25, 0.3) is 10.0 Å². The van der Waals surface area contributed by atoms with Crippen LogP contribution in [0.2, 0.25) is 0 Å². The molecule has 1 aromatic rings. The van der Waals surface area contributed by atoms with Crippen molar-refractivity contribution in [1.82, 2.24) is 4.89 Å². The highest BCUT2D eigenvalue weighted by atomic mass is 32.2. The van der Waals surface area contributed by atoms with Crippen molar-refractivity contribution in [2.45, 2.75) is 24.5 Å². The van der Waals surface area contributed by atoms with Gasteiger partial charge in [-0.2, -0.15) is 0 Å². The normalized spacial score (nSPS) is 12.0. The number of Topliss-reactive ketones (excluding diaryl/α,β-unsaturated/α-hetero) is 1. The Kier molecular flexibility index (Phi) is 4.81. The highest BCUT2D eigenvalue weighted by molar-refractivity contribution is 7.91. The summed E-state index contributed by atoms with van der Waals surface area (Å²) in [6.07, 6.45) is 0.414. The van der Waals surface area contributed by atoms with E-state index in [-0.39, 0.29) is 15.9 Å². The van der Waals surface area contributed by atoms with Gasteiger partial charge in [0.2, 0.25) is 0 Å². The lowest BCUT2D eigenvalue weighted by atomic mass is 10.1. The summed E-state index contributed by atoms with van der Waals surface area (Å²) in [6, 6.07) is 2.93. The maximum absolute atomic E-state index is 11.7. The highest BCUT2D eigenvalue weighted by Gasteiger charge is 2.19. The van der Waals surface area contributed by atoms with Crippen LogP contribution in [0.15, 0.2) is 16.3 Å². The Morgan fingerprint density at radius 3 is 2.65 bits per heavy atom. The molecule has 1 rings (SSSR count). The zero-order valence-corrected chi connectivity index (χ0v) is 11.5. The molecule has 1 N–H and O–H groups in total. The summed E-state index contributed by atoms with van der Waals surface area (Å²) in [4.78, 5) is 18.5. The van der Waals surface area contributed by atoms with Gasteiger partial charge in [-0.15, -0.1) is 11.3 Å². The molecule has 0 amide bonds. The SMILES string of the molecule is CONS(=O)(=O)c1ccc(C(=O)CC(C)C)s1. The van der Waals surface area contributed by atoms with Crippen molar-refractivity contribution in [3.05, 3.63) is 17.0 Å². The number of carbonyl (C=O) groups is 1. The van der Waals surface area contributed by atoms with E-state index >= 15 is 0 Å². The molecule has 1 aromatic heterocycles. The monoisotopic (exact) mass is 277 g/mol. The minimum absolute atomic E-state index is 0.0381. The molecule has 96 valence electrons. The zero-order valence-electron chi connectivity index (χ0n) is 9.89. The third-order valence-electron chi connectivity index (χ3n) is 1.91. The number of hydrogen-bond donors (Lipinski definition) is 1. The summed E-state index contributed by atoms with van der Waals surface area (Å²) in [5.41, 5.74) is 0. The maximum atomic E-state index is 11.7. The average Bonchev–Trinajstić information content (AvgIpc) is 2.65. The molecule has 0 unspecified atom stereocenters. The van der Waals surface area contributed by atoms with Crippen molar-refractivity contribution in [3.8, 4) is 0 Å². The molecule has 0 aromatic carbocycles. The molecule has 7 heteroatoms. The average molecular weight is 277 g/mol. The third-order valence-corrected chi connectivity index (χ3v) is 4.79. The fourth-order valence-corrected chi connectivity index (χ4v) is 3.28. The standard InChI is InChI=1S/C10H15NO4S2/c1-7(2)6-8(12)9-4-5-10(16-9)17(13,14)11-15-3/h4-5,7,11H,6H2,1-3H3. The summed E-state index contributed by atoms with van der Waals surface area (Å²) in [6.45, 7) is 3.88. The van der Waals surface area contributed by atoms with Crippen LogP contribution in [0.25, 0.3) is 0 Å². The van der Waals surface area contributed by atoms with Crippen LogP contribution in [0.4, 0.5) is 0 Å². The molecule has 0 atom stereocenters. The van der Waals surface area contributed by atoms with Gasteiger partial charge in [0, 0.05) is 6.42 Å². The van der Waals surface area contributed by atoms with Gasteiger partial charge in [-0.25, -0.2) is 8.42 Å². The number of sulfonamides is 1. The molecule has 0 aliphatic carbocycles. The lowest BCUT2D eigenvalue weighted by Gasteiger charge is -2.01. The van der Waals surface area contributed by atoms with Crippen molar-refractivity contribution >= 4 is 27.1 Å². The Balaban J connectivity index is 2.89. The second-order valence-electron chi connectivity index (χ2n) is 3.93. The van der Waals surface area contributed by atoms with Gasteiger partial charge >= 0.3 is 0 Å². The molecule has 17 heavy (non-hydrogen) atoms. The van der Waals surface area contributed by atoms with E-state index in [0.29, 0.717) is 11.3 Å².